The second-order valence-corrected chi connectivity index (χ2v) is 12.8. The summed E-state index contributed by atoms with van der Waals surface area (Å²) >= 11 is 0. The van der Waals surface area contributed by atoms with Gasteiger partial charge in [0.15, 0.2) is 8.32 Å². The molecule has 0 bridgehead atoms. The molecule has 124 valence electrons. The molecule has 0 unspecified atom stereocenters. The minimum absolute atomic E-state index is 0.358. The molecule has 22 heavy (non-hydrogen) atoms. The Morgan fingerprint density at radius 1 is 1.14 bits per heavy atom. The molecule has 0 aromatic carbocycles. The molecular weight excluding hydrogens is 286 g/mol. The van der Waals surface area contributed by atoms with Gasteiger partial charge >= 0.3 is 0 Å². The van der Waals surface area contributed by atoms with Gasteiger partial charge in [0.2, 0.25) is 0 Å². The lowest BCUT2D eigenvalue weighted by molar-refractivity contribution is 0.236. The summed E-state index contributed by atoms with van der Waals surface area (Å²) in [6.07, 6.45) is 6.07. The Hall–Kier alpha value is -0.853. The van der Waals surface area contributed by atoms with E-state index in [-0.39, 0.29) is 0 Å². The molecule has 0 heterocycles. The highest BCUT2D eigenvalue weighted by atomic mass is 28.4. The largest absolute Gasteiger partial charge is 0.415 e. The van der Waals surface area contributed by atoms with Crippen LogP contribution in [0.2, 0.25) is 16.6 Å². The summed E-state index contributed by atoms with van der Waals surface area (Å²) in [5.74, 6) is 0.358. The van der Waals surface area contributed by atoms with E-state index in [1.165, 1.54) is 5.57 Å². The highest BCUT2D eigenvalue weighted by Gasteiger charge is 2.45. The molecule has 2 nitrogen and oxygen atoms in total. The Labute approximate surface area is 138 Å². The Bertz CT molecular complexity index is 447. The summed E-state index contributed by atoms with van der Waals surface area (Å²) < 4.78 is 6.73. The van der Waals surface area contributed by atoms with Gasteiger partial charge in [-0.15, -0.1) is 0 Å². The molecule has 0 spiro atoms. The van der Waals surface area contributed by atoms with Crippen LogP contribution < -0.4 is 0 Å². The third-order valence-electron chi connectivity index (χ3n) is 5.28. The molecule has 0 saturated carbocycles. The average molecular weight is 320 g/mol. The van der Waals surface area contributed by atoms with Gasteiger partial charge in [0.05, 0.1) is 6.07 Å². The number of rotatable bonds is 8. The number of allylic oxidation sites excluding steroid dienone is 3. The Morgan fingerprint density at radius 3 is 2.09 bits per heavy atom. The molecule has 0 N–H and O–H groups in total. The van der Waals surface area contributed by atoms with Crippen molar-refractivity contribution in [2.45, 2.75) is 77.9 Å². The molecule has 0 fully saturated rings. The van der Waals surface area contributed by atoms with Gasteiger partial charge in [0.25, 0.3) is 0 Å². The third kappa shape index (κ3) is 3.72. The van der Waals surface area contributed by atoms with Crippen molar-refractivity contribution in [3.8, 4) is 6.07 Å². The molecule has 0 aliphatic heterocycles. The van der Waals surface area contributed by atoms with Gasteiger partial charge in [0, 0.05) is 24.5 Å². The third-order valence-corrected chi connectivity index (χ3v) is 11.4. The fraction of sp³-hybridized carbons (Fsp3) is 0.737. The number of nitriles is 1. The molecule has 0 saturated heterocycles. The van der Waals surface area contributed by atoms with Gasteiger partial charge in [-0.05, 0) is 28.6 Å². The Morgan fingerprint density at radius 2 is 1.68 bits per heavy atom. The van der Waals surface area contributed by atoms with Crippen molar-refractivity contribution < 1.29 is 4.43 Å². The lowest BCUT2D eigenvalue weighted by atomic mass is 9.95. The summed E-state index contributed by atoms with van der Waals surface area (Å²) in [4.78, 5) is 0. The predicted molar refractivity (Wildman–Crippen MR) is 97.2 cm³/mol. The van der Waals surface area contributed by atoms with E-state index in [2.05, 4.69) is 66.7 Å². The average Bonchev–Trinajstić information content (AvgIpc) is 2.90. The van der Waals surface area contributed by atoms with Gasteiger partial charge in [0.1, 0.15) is 0 Å². The lowest BCUT2D eigenvalue weighted by Crippen LogP contribution is -2.48. The molecule has 1 rings (SSSR count). The summed E-state index contributed by atoms with van der Waals surface area (Å²) in [6.45, 7) is 16.9. The van der Waals surface area contributed by atoms with Crippen LogP contribution in [0.15, 0.2) is 23.3 Å². The normalized spacial score (nSPS) is 17.0. The Kier molecular flexibility index (Phi) is 7.09. The lowest BCUT2D eigenvalue weighted by Gasteiger charge is -2.43. The van der Waals surface area contributed by atoms with E-state index < -0.39 is 8.32 Å². The van der Waals surface area contributed by atoms with Crippen molar-refractivity contribution >= 4 is 8.32 Å². The molecule has 1 aliphatic rings. The van der Waals surface area contributed by atoms with E-state index in [1.54, 1.807) is 0 Å². The zero-order valence-electron chi connectivity index (χ0n) is 15.4. The first-order valence-electron chi connectivity index (χ1n) is 8.74. The summed E-state index contributed by atoms with van der Waals surface area (Å²) in [5.41, 5.74) is 3.96. The highest BCUT2D eigenvalue weighted by molar-refractivity contribution is 6.77. The second kappa shape index (κ2) is 8.13. The summed E-state index contributed by atoms with van der Waals surface area (Å²) in [6, 6.07) is 2.37. The van der Waals surface area contributed by atoms with Crippen molar-refractivity contribution in [3.63, 3.8) is 0 Å². The minimum Gasteiger partial charge on any atom is -0.415 e. The van der Waals surface area contributed by atoms with Crippen molar-refractivity contribution in [3.05, 3.63) is 23.3 Å². The van der Waals surface area contributed by atoms with Gasteiger partial charge < -0.3 is 4.43 Å². The first-order valence-corrected chi connectivity index (χ1v) is 10.9. The number of hydrogen-bond donors (Lipinski definition) is 0. The Balaban J connectivity index is 2.97. The minimum atomic E-state index is -1.82. The molecule has 3 heteroatoms. The van der Waals surface area contributed by atoms with Crippen molar-refractivity contribution in [1.29, 1.82) is 5.26 Å². The van der Waals surface area contributed by atoms with Crippen LogP contribution in [0.1, 0.15) is 61.3 Å². The first-order chi connectivity index (χ1) is 10.3. The molecule has 0 radical (unpaired) electrons. The van der Waals surface area contributed by atoms with E-state index in [0.717, 1.165) is 25.0 Å². The summed E-state index contributed by atoms with van der Waals surface area (Å²) in [5, 5.41) is 9.29. The van der Waals surface area contributed by atoms with Crippen LogP contribution in [0.5, 0.6) is 0 Å². The van der Waals surface area contributed by atoms with E-state index in [1.807, 2.05) is 0 Å². The topological polar surface area (TPSA) is 33.0 Å². The standard InChI is InChI=1S/C19H33NOSi/c1-8-17(19-11-9-10-18(19)12-20)13-21-22(14(2)3,15(4)5)16(6)7/h9,11,14-17H,8,10,13H2,1-7H3/t17-/m0/s1. The monoisotopic (exact) mass is 319 g/mol. The van der Waals surface area contributed by atoms with Crippen molar-refractivity contribution in [2.75, 3.05) is 6.61 Å². The van der Waals surface area contributed by atoms with E-state index in [0.29, 0.717) is 22.5 Å². The maximum absolute atomic E-state index is 9.29. The van der Waals surface area contributed by atoms with E-state index >= 15 is 0 Å². The second-order valence-electron chi connectivity index (χ2n) is 7.39. The fourth-order valence-corrected chi connectivity index (χ4v) is 9.68. The van der Waals surface area contributed by atoms with Crippen LogP contribution in [0, 0.1) is 17.2 Å². The van der Waals surface area contributed by atoms with Gasteiger partial charge in [-0.3, -0.25) is 0 Å². The van der Waals surface area contributed by atoms with Gasteiger partial charge in [-0.1, -0.05) is 60.6 Å². The van der Waals surface area contributed by atoms with Crippen LogP contribution in [0.4, 0.5) is 0 Å². The van der Waals surface area contributed by atoms with Gasteiger partial charge in [-0.25, -0.2) is 0 Å². The fourth-order valence-electron chi connectivity index (χ4n) is 4.19. The molecule has 1 atom stereocenters. The summed E-state index contributed by atoms with van der Waals surface area (Å²) in [7, 11) is -1.82. The zero-order valence-corrected chi connectivity index (χ0v) is 16.4. The van der Waals surface area contributed by atoms with Crippen LogP contribution >= 0.6 is 0 Å². The first kappa shape index (κ1) is 19.2. The van der Waals surface area contributed by atoms with Crippen LogP contribution in [0.3, 0.4) is 0 Å². The molecule has 0 aromatic rings. The predicted octanol–water partition coefficient (Wildman–Crippen LogP) is 5.98. The van der Waals surface area contributed by atoms with E-state index in [4.69, 9.17) is 4.43 Å². The van der Waals surface area contributed by atoms with Crippen LogP contribution in [-0.2, 0) is 4.43 Å². The van der Waals surface area contributed by atoms with Crippen molar-refractivity contribution in [1.82, 2.24) is 0 Å². The molecule has 0 amide bonds. The maximum Gasteiger partial charge on any atom is 0.200 e. The van der Waals surface area contributed by atoms with Crippen LogP contribution in [-0.4, -0.2) is 14.9 Å². The van der Waals surface area contributed by atoms with Crippen molar-refractivity contribution in [2.24, 2.45) is 5.92 Å². The number of nitrogens with zero attached hydrogens (tertiary/aromatic N) is 1. The van der Waals surface area contributed by atoms with Gasteiger partial charge in [-0.2, -0.15) is 5.26 Å². The van der Waals surface area contributed by atoms with Crippen LogP contribution in [0.25, 0.3) is 0 Å². The SMILES string of the molecule is CC[C@@H](CO[Si](C(C)C)(C(C)C)C(C)C)C1=C(C#N)CC=C1. The molecule has 1 aliphatic carbocycles. The van der Waals surface area contributed by atoms with E-state index in [9.17, 15) is 5.26 Å². The smallest absolute Gasteiger partial charge is 0.200 e. The maximum atomic E-state index is 9.29. The molecular formula is C19H33NOSi. The highest BCUT2D eigenvalue weighted by Crippen LogP contribution is 2.43. The number of hydrogen-bond acceptors (Lipinski definition) is 2. The molecule has 0 aromatic heterocycles. The zero-order chi connectivity index (χ0) is 16.9. The quantitative estimate of drug-likeness (QED) is 0.515.